The quantitative estimate of drug-likeness (QED) is 0.760. The fraction of sp³-hybridized carbons (Fsp3) is 0.0556. The smallest absolute Gasteiger partial charge is 0.123 e. The van der Waals surface area contributed by atoms with E-state index in [9.17, 15) is 0 Å². The van der Waals surface area contributed by atoms with Gasteiger partial charge in [-0.05, 0) is 23.3 Å². The Bertz CT molecular complexity index is 639. The van der Waals surface area contributed by atoms with Crippen LogP contribution in [0.4, 0.5) is 11.5 Å². The van der Waals surface area contributed by atoms with Crippen molar-refractivity contribution in [1.82, 2.24) is 4.98 Å². The molecule has 0 bridgehead atoms. The molecule has 0 saturated carbocycles. The number of benzene rings is 2. The number of anilines is 2. The second kappa shape index (κ2) is 6.09. The van der Waals surface area contributed by atoms with E-state index in [4.69, 9.17) is 5.73 Å². The van der Waals surface area contributed by atoms with Gasteiger partial charge in [-0.3, -0.25) is 0 Å². The van der Waals surface area contributed by atoms with Crippen LogP contribution in [0.5, 0.6) is 0 Å². The zero-order valence-electron chi connectivity index (χ0n) is 11.6. The third-order valence-corrected chi connectivity index (χ3v) is 3.36. The summed E-state index contributed by atoms with van der Waals surface area (Å²) < 4.78 is 0. The molecule has 3 aromatic rings. The lowest BCUT2D eigenvalue weighted by Gasteiger charge is -2.21. The summed E-state index contributed by atoms with van der Waals surface area (Å²) in [6, 6.07) is 24.6. The number of aromatic nitrogens is 1. The first-order chi connectivity index (χ1) is 10.3. The van der Waals surface area contributed by atoms with Crippen molar-refractivity contribution in [2.24, 2.45) is 0 Å². The van der Waals surface area contributed by atoms with Crippen LogP contribution in [-0.2, 0) is 0 Å². The van der Waals surface area contributed by atoms with E-state index >= 15 is 0 Å². The summed E-state index contributed by atoms with van der Waals surface area (Å²) in [5, 5.41) is 3.52. The van der Waals surface area contributed by atoms with Gasteiger partial charge in [0.05, 0.1) is 17.9 Å². The highest BCUT2D eigenvalue weighted by molar-refractivity contribution is 5.50. The summed E-state index contributed by atoms with van der Waals surface area (Å²) in [6.07, 6.45) is 1.76. The monoisotopic (exact) mass is 275 g/mol. The minimum absolute atomic E-state index is 0.0813. The Hall–Kier alpha value is -2.81. The number of hydrogen-bond donors (Lipinski definition) is 2. The van der Waals surface area contributed by atoms with Crippen LogP contribution in [0.1, 0.15) is 17.2 Å². The third-order valence-electron chi connectivity index (χ3n) is 3.36. The van der Waals surface area contributed by atoms with Crippen LogP contribution in [-0.4, -0.2) is 4.98 Å². The van der Waals surface area contributed by atoms with E-state index in [1.54, 1.807) is 12.3 Å². The van der Waals surface area contributed by atoms with E-state index < -0.39 is 0 Å². The topological polar surface area (TPSA) is 50.9 Å². The molecule has 0 aliphatic rings. The summed E-state index contributed by atoms with van der Waals surface area (Å²) in [5.74, 6) is 0.525. The van der Waals surface area contributed by atoms with Crippen molar-refractivity contribution < 1.29 is 0 Å². The maximum atomic E-state index is 5.64. The highest BCUT2D eigenvalue weighted by Crippen LogP contribution is 2.26. The van der Waals surface area contributed by atoms with E-state index in [0.29, 0.717) is 5.82 Å². The highest BCUT2D eigenvalue weighted by atomic mass is 14.9. The summed E-state index contributed by atoms with van der Waals surface area (Å²) in [4.78, 5) is 4.13. The number of nitrogens with two attached hydrogens (primary N) is 1. The molecule has 0 radical (unpaired) electrons. The number of pyridine rings is 1. The molecule has 0 saturated heterocycles. The van der Waals surface area contributed by atoms with Gasteiger partial charge in [-0.25, -0.2) is 4.98 Å². The molecule has 1 aromatic heterocycles. The van der Waals surface area contributed by atoms with Crippen molar-refractivity contribution in [3.05, 3.63) is 90.1 Å². The summed E-state index contributed by atoms with van der Waals surface area (Å²) >= 11 is 0. The minimum atomic E-state index is 0.0813. The zero-order valence-corrected chi connectivity index (χ0v) is 11.6. The molecule has 0 atom stereocenters. The molecule has 1 heterocycles. The van der Waals surface area contributed by atoms with Crippen molar-refractivity contribution in [3.8, 4) is 0 Å². The first-order valence-electron chi connectivity index (χ1n) is 6.91. The SMILES string of the molecule is Nc1ccc(NC(c2ccccc2)c2ccccc2)cn1. The molecule has 0 aliphatic heterocycles. The number of nitrogens with one attached hydrogen (secondary N) is 1. The minimum Gasteiger partial charge on any atom is -0.384 e. The molecule has 0 aliphatic carbocycles. The Morgan fingerprint density at radius 2 is 1.33 bits per heavy atom. The fourth-order valence-electron chi connectivity index (χ4n) is 2.31. The van der Waals surface area contributed by atoms with Crippen molar-refractivity contribution in [2.75, 3.05) is 11.1 Å². The van der Waals surface area contributed by atoms with Crippen LogP contribution in [0.3, 0.4) is 0 Å². The molecule has 0 fully saturated rings. The largest absolute Gasteiger partial charge is 0.384 e. The van der Waals surface area contributed by atoms with Crippen LogP contribution in [0.2, 0.25) is 0 Å². The van der Waals surface area contributed by atoms with Crippen LogP contribution in [0.25, 0.3) is 0 Å². The summed E-state index contributed by atoms with van der Waals surface area (Å²) in [6.45, 7) is 0. The Kier molecular flexibility index (Phi) is 3.83. The van der Waals surface area contributed by atoms with Gasteiger partial charge < -0.3 is 11.1 Å². The first-order valence-corrected chi connectivity index (χ1v) is 6.91. The normalized spacial score (nSPS) is 10.5. The maximum absolute atomic E-state index is 5.64. The van der Waals surface area contributed by atoms with Gasteiger partial charge in [0.2, 0.25) is 0 Å². The predicted molar refractivity (Wildman–Crippen MR) is 87.0 cm³/mol. The molecule has 21 heavy (non-hydrogen) atoms. The molecule has 104 valence electrons. The number of nitrogen functional groups attached to an aromatic ring is 1. The molecular formula is C18H17N3. The third kappa shape index (κ3) is 3.20. The highest BCUT2D eigenvalue weighted by Gasteiger charge is 2.13. The van der Waals surface area contributed by atoms with Gasteiger partial charge in [-0.2, -0.15) is 0 Å². The average Bonchev–Trinajstić information content (AvgIpc) is 2.56. The zero-order chi connectivity index (χ0) is 14.5. The first kappa shape index (κ1) is 13.2. The van der Waals surface area contributed by atoms with Crippen molar-refractivity contribution in [2.45, 2.75) is 6.04 Å². The second-order valence-corrected chi connectivity index (χ2v) is 4.87. The van der Waals surface area contributed by atoms with Crippen molar-refractivity contribution in [3.63, 3.8) is 0 Å². The van der Waals surface area contributed by atoms with Crippen molar-refractivity contribution in [1.29, 1.82) is 0 Å². The molecule has 3 heteroatoms. The van der Waals surface area contributed by atoms with Gasteiger partial charge in [0.15, 0.2) is 0 Å². The van der Waals surface area contributed by atoms with Crippen LogP contribution in [0.15, 0.2) is 79.0 Å². The van der Waals surface area contributed by atoms with Crippen molar-refractivity contribution >= 4 is 11.5 Å². The standard InChI is InChI=1S/C18H17N3/c19-17-12-11-16(13-20-17)21-18(14-7-3-1-4-8-14)15-9-5-2-6-10-15/h1-13,18,21H,(H2,19,20). The molecular weight excluding hydrogens is 258 g/mol. The Balaban J connectivity index is 1.95. The van der Waals surface area contributed by atoms with Gasteiger partial charge >= 0.3 is 0 Å². The predicted octanol–water partition coefficient (Wildman–Crippen LogP) is 3.87. The lowest BCUT2D eigenvalue weighted by molar-refractivity contribution is 0.937. The van der Waals surface area contributed by atoms with Crippen LogP contribution >= 0.6 is 0 Å². The second-order valence-electron chi connectivity index (χ2n) is 4.87. The van der Waals surface area contributed by atoms with E-state index in [0.717, 1.165) is 5.69 Å². The molecule has 3 rings (SSSR count). The van der Waals surface area contributed by atoms with Gasteiger partial charge in [0, 0.05) is 0 Å². The Labute approximate surface area is 124 Å². The summed E-state index contributed by atoms with van der Waals surface area (Å²) in [5.41, 5.74) is 9.00. The molecule has 0 unspecified atom stereocenters. The Morgan fingerprint density at radius 3 is 1.81 bits per heavy atom. The van der Waals surface area contributed by atoms with E-state index in [-0.39, 0.29) is 6.04 Å². The van der Waals surface area contributed by atoms with Gasteiger partial charge in [0.25, 0.3) is 0 Å². The number of rotatable bonds is 4. The fourth-order valence-corrected chi connectivity index (χ4v) is 2.31. The molecule has 3 N–H and O–H groups in total. The van der Waals surface area contributed by atoms with E-state index in [1.807, 2.05) is 42.5 Å². The lowest BCUT2D eigenvalue weighted by atomic mass is 9.98. The number of nitrogens with zero attached hydrogens (tertiary/aromatic N) is 1. The van der Waals surface area contributed by atoms with Crippen LogP contribution < -0.4 is 11.1 Å². The lowest BCUT2D eigenvalue weighted by Crippen LogP contribution is -2.12. The molecule has 2 aromatic carbocycles. The maximum Gasteiger partial charge on any atom is 0.123 e. The molecule has 3 nitrogen and oxygen atoms in total. The van der Waals surface area contributed by atoms with E-state index in [2.05, 4.69) is 34.6 Å². The Morgan fingerprint density at radius 1 is 0.762 bits per heavy atom. The van der Waals surface area contributed by atoms with E-state index in [1.165, 1.54) is 11.1 Å². The summed E-state index contributed by atoms with van der Waals surface area (Å²) in [7, 11) is 0. The van der Waals surface area contributed by atoms with Crippen LogP contribution in [0, 0.1) is 0 Å². The average molecular weight is 275 g/mol. The van der Waals surface area contributed by atoms with Gasteiger partial charge in [-0.15, -0.1) is 0 Å². The van der Waals surface area contributed by atoms with Gasteiger partial charge in [-0.1, -0.05) is 60.7 Å². The molecule has 0 amide bonds. The molecule has 0 spiro atoms. The number of hydrogen-bond acceptors (Lipinski definition) is 3. The van der Waals surface area contributed by atoms with Gasteiger partial charge in [0.1, 0.15) is 5.82 Å².